The van der Waals surface area contributed by atoms with Crippen LogP contribution in [0.4, 0.5) is 0 Å². The van der Waals surface area contributed by atoms with Crippen molar-refractivity contribution in [1.29, 1.82) is 0 Å². The largest absolute Gasteiger partial charge is 0.386 e. The summed E-state index contributed by atoms with van der Waals surface area (Å²) in [6.07, 6.45) is 0. The van der Waals surface area contributed by atoms with E-state index in [-0.39, 0.29) is 0 Å². The fourth-order valence-electron chi connectivity index (χ4n) is 0.0315. The summed E-state index contributed by atoms with van der Waals surface area (Å²) in [6.45, 7) is 0. The number of alkyl halides is 2. The van der Waals surface area contributed by atoms with Crippen molar-refractivity contribution in [2.24, 2.45) is 0 Å². The topological polar surface area (TPSA) is 25.1 Å². The molecule has 0 aromatic carbocycles. The first-order valence-corrected chi connectivity index (χ1v) is 1.71. The van der Waals surface area contributed by atoms with Crippen LogP contribution in [0.1, 0.15) is 0 Å². The zero-order chi connectivity index (χ0) is 3.91. The molecular formula is CCl2O2. The molecule has 0 bridgehead atoms. The molecule has 0 spiro atoms. The van der Waals surface area contributed by atoms with E-state index in [1.807, 2.05) is 0 Å². The van der Waals surface area contributed by atoms with E-state index in [4.69, 9.17) is 23.2 Å². The first kappa shape index (κ1) is 3.68. The molecule has 4 heteroatoms. The third kappa shape index (κ3) is 0.930. The van der Waals surface area contributed by atoms with Gasteiger partial charge < -0.3 is 0 Å². The molecule has 0 N–H and O–H groups in total. The van der Waals surface area contributed by atoms with E-state index in [0.29, 0.717) is 0 Å². The molecule has 0 unspecified atom stereocenters. The average Bonchev–Trinajstić information content (AvgIpc) is 1.76. The minimum absolute atomic E-state index is 1.31. The van der Waals surface area contributed by atoms with Gasteiger partial charge in [0.25, 0.3) is 0 Å². The van der Waals surface area contributed by atoms with Crippen molar-refractivity contribution in [1.82, 2.24) is 0 Å². The Morgan fingerprint density at radius 3 is 1.40 bits per heavy atom. The van der Waals surface area contributed by atoms with Gasteiger partial charge in [-0.2, -0.15) is 9.78 Å². The third-order valence-corrected chi connectivity index (χ3v) is 0.461. The maximum absolute atomic E-state index is 4.96. The summed E-state index contributed by atoms with van der Waals surface area (Å²) in [6, 6.07) is 0. The highest BCUT2D eigenvalue weighted by Crippen LogP contribution is 2.37. The molecule has 1 saturated heterocycles. The summed E-state index contributed by atoms with van der Waals surface area (Å²) in [4.78, 5) is 7.85. The van der Waals surface area contributed by atoms with Crippen molar-refractivity contribution < 1.29 is 9.78 Å². The molecule has 1 heterocycles. The number of rotatable bonds is 0. The molecule has 0 saturated carbocycles. The quantitative estimate of drug-likeness (QED) is 0.267. The molecular weight excluding hydrogens is 115 g/mol. The van der Waals surface area contributed by atoms with Crippen LogP contribution in [0.15, 0.2) is 0 Å². The Kier molecular flexibility index (Phi) is 0.562. The molecule has 1 fully saturated rings. The van der Waals surface area contributed by atoms with Crippen LogP contribution in [0.2, 0.25) is 0 Å². The van der Waals surface area contributed by atoms with E-state index in [2.05, 4.69) is 9.78 Å². The van der Waals surface area contributed by atoms with Crippen molar-refractivity contribution in [3.63, 3.8) is 0 Å². The number of hydrogen-bond acceptors (Lipinski definition) is 2. The fourth-order valence-corrected chi connectivity index (χ4v) is 0.0945. The van der Waals surface area contributed by atoms with Crippen molar-refractivity contribution in [2.75, 3.05) is 0 Å². The summed E-state index contributed by atoms with van der Waals surface area (Å²) in [5, 5.41) is 0. The molecule has 0 aromatic rings. The standard InChI is InChI=1S/CCl2O2/c2-1(3)4-5-1. The molecule has 1 aliphatic rings. The van der Waals surface area contributed by atoms with Crippen LogP contribution >= 0.6 is 23.2 Å². The zero-order valence-corrected chi connectivity index (χ0v) is 3.58. The smallest absolute Gasteiger partial charge is 0.159 e. The Labute approximate surface area is 38.5 Å². The van der Waals surface area contributed by atoms with E-state index in [1.54, 1.807) is 0 Å². The van der Waals surface area contributed by atoms with Crippen LogP contribution in [0, 0.1) is 0 Å². The van der Waals surface area contributed by atoms with E-state index in [1.165, 1.54) is 0 Å². The zero-order valence-electron chi connectivity index (χ0n) is 2.07. The molecule has 0 radical (unpaired) electrons. The Balaban J connectivity index is 2.38. The first-order valence-electron chi connectivity index (χ1n) is 0.953. The van der Waals surface area contributed by atoms with Gasteiger partial charge in [0, 0.05) is 0 Å². The second-order valence-electron chi connectivity index (χ2n) is 0.630. The maximum Gasteiger partial charge on any atom is 0.386 e. The lowest BCUT2D eigenvalue weighted by atomic mass is 11.6. The summed E-state index contributed by atoms with van der Waals surface area (Å²) < 4.78 is -1.31. The first-order chi connectivity index (χ1) is 2.21. The van der Waals surface area contributed by atoms with Crippen LogP contribution < -0.4 is 0 Å². The molecule has 0 atom stereocenters. The average molecular weight is 115 g/mol. The van der Waals surface area contributed by atoms with Crippen molar-refractivity contribution in [3.05, 3.63) is 0 Å². The highest BCUT2D eigenvalue weighted by Gasteiger charge is 2.44. The van der Waals surface area contributed by atoms with Crippen molar-refractivity contribution in [2.45, 2.75) is 4.71 Å². The third-order valence-electron chi connectivity index (χ3n) is 0.209. The van der Waals surface area contributed by atoms with Crippen molar-refractivity contribution >= 4 is 23.2 Å². The van der Waals surface area contributed by atoms with Gasteiger partial charge in [-0.3, -0.25) is 0 Å². The summed E-state index contributed by atoms with van der Waals surface area (Å²) in [5.41, 5.74) is 0. The minimum Gasteiger partial charge on any atom is -0.159 e. The van der Waals surface area contributed by atoms with Gasteiger partial charge in [-0.15, -0.1) is 0 Å². The molecule has 30 valence electrons. The molecule has 0 aromatic heterocycles. The molecule has 1 aliphatic heterocycles. The predicted octanol–water partition coefficient (Wildman–Crippen LogP) is 1.04. The number of halogens is 2. The second kappa shape index (κ2) is 0.763. The van der Waals surface area contributed by atoms with Crippen LogP contribution in [0.3, 0.4) is 0 Å². The summed E-state index contributed by atoms with van der Waals surface area (Å²) in [5.74, 6) is 0. The van der Waals surface area contributed by atoms with Gasteiger partial charge in [-0.05, 0) is 23.2 Å². The predicted molar refractivity (Wildman–Crippen MR) is 16.6 cm³/mol. The highest BCUT2D eigenvalue weighted by molar-refractivity contribution is 6.46. The Morgan fingerprint density at radius 2 is 1.40 bits per heavy atom. The molecule has 2 nitrogen and oxygen atoms in total. The monoisotopic (exact) mass is 114 g/mol. The van der Waals surface area contributed by atoms with E-state index in [0.717, 1.165) is 0 Å². The molecule has 1 rings (SSSR count). The van der Waals surface area contributed by atoms with E-state index < -0.39 is 4.71 Å². The Morgan fingerprint density at radius 1 is 1.20 bits per heavy atom. The lowest BCUT2D eigenvalue weighted by Gasteiger charge is -1.65. The van der Waals surface area contributed by atoms with Gasteiger partial charge in [0.2, 0.25) is 0 Å². The van der Waals surface area contributed by atoms with Gasteiger partial charge in [-0.25, -0.2) is 0 Å². The number of hydrogen-bond donors (Lipinski definition) is 0. The van der Waals surface area contributed by atoms with Crippen LogP contribution in [-0.2, 0) is 9.78 Å². The lowest BCUT2D eigenvalue weighted by Crippen LogP contribution is -1.76. The van der Waals surface area contributed by atoms with E-state index >= 15 is 0 Å². The minimum atomic E-state index is -1.31. The SMILES string of the molecule is ClC1(Cl)OO1. The van der Waals surface area contributed by atoms with Crippen LogP contribution in [-0.4, -0.2) is 4.71 Å². The van der Waals surface area contributed by atoms with Gasteiger partial charge in [0.05, 0.1) is 0 Å². The normalized spacial score (nSPS) is 30.0. The van der Waals surface area contributed by atoms with Crippen LogP contribution in [0.5, 0.6) is 0 Å². The second-order valence-corrected chi connectivity index (χ2v) is 1.82. The van der Waals surface area contributed by atoms with Crippen molar-refractivity contribution in [3.8, 4) is 0 Å². The molecule has 0 aliphatic carbocycles. The van der Waals surface area contributed by atoms with Gasteiger partial charge in [0.1, 0.15) is 0 Å². The van der Waals surface area contributed by atoms with Gasteiger partial charge in [-0.1, -0.05) is 0 Å². The Bertz CT molecular complexity index is 45.6. The highest BCUT2D eigenvalue weighted by atomic mass is 35.5. The summed E-state index contributed by atoms with van der Waals surface area (Å²) in [7, 11) is 0. The Hall–Kier alpha value is 0.500. The van der Waals surface area contributed by atoms with Crippen LogP contribution in [0.25, 0.3) is 0 Å². The van der Waals surface area contributed by atoms with Gasteiger partial charge >= 0.3 is 4.71 Å². The summed E-state index contributed by atoms with van der Waals surface area (Å²) >= 11 is 9.92. The fraction of sp³-hybridized carbons (Fsp3) is 1.00. The van der Waals surface area contributed by atoms with Gasteiger partial charge in [0.15, 0.2) is 0 Å². The molecule has 0 amide bonds. The molecule has 5 heavy (non-hydrogen) atoms. The van der Waals surface area contributed by atoms with E-state index in [9.17, 15) is 0 Å². The maximum atomic E-state index is 4.96. The lowest BCUT2D eigenvalue weighted by molar-refractivity contribution is 0.0850.